The summed E-state index contributed by atoms with van der Waals surface area (Å²) in [5, 5.41) is 2.60. The van der Waals surface area contributed by atoms with Crippen molar-refractivity contribution >= 4 is 29.0 Å². The van der Waals surface area contributed by atoms with Gasteiger partial charge in [-0.2, -0.15) is 11.8 Å². The molecule has 20 heavy (non-hydrogen) atoms. The maximum atomic E-state index is 12.4. The van der Waals surface area contributed by atoms with Gasteiger partial charge >= 0.3 is 0 Å². The lowest BCUT2D eigenvalue weighted by Crippen LogP contribution is -2.33. The fourth-order valence-electron chi connectivity index (χ4n) is 2.15. The summed E-state index contributed by atoms with van der Waals surface area (Å²) in [4.78, 5) is 18.8. The van der Waals surface area contributed by atoms with E-state index in [0.717, 1.165) is 47.5 Å². The molecule has 1 amide bonds. The zero-order valence-corrected chi connectivity index (χ0v) is 12.9. The van der Waals surface area contributed by atoms with Crippen molar-refractivity contribution in [3.8, 4) is 10.8 Å². The second-order valence-corrected chi connectivity index (χ2v) is 6.79. The molecule has 1 aliphatic heterocycles. The summed E-state index contributed by atoms with van der Waals surface area (Å²) >= 11 is 3.37. The molecule has 2 aromatic rings. The van der Waals surface area contributed by atoms with Crippen molar-refractivity contribution in [1.29, 1.82) is 0 Å². The van der Waals surface area contributed by atoms with Gasteiger partial charge in [-0.15, -0.1) is 11.3 Å². The van der Waals surface area contributed by atoms with Crippen LogP contribution in [-0.4, -0.2) is 40.4 Å². The van der Waals surface area contributed by atoms with Crippen molar-refractivity contribution in [3.05, 3.63) is 29.0 Å². The quantitative estimate of drug-likeness (QED) is 0.854. The van der Waals surface area contributed by atoms with Crippen LogP contribution in [0.3, 0.4) is 0 Å². The lowest BCUT2D eigenvalue weighted by atomic mass is 10.3. The zero-order chi connectivity index (χ0) is 13.9. The molecule has 3 heterocycles. The molecule has 3 rings (SSSR count). The van der Waals surface area contributed by atoms with Crippen molar-refractivity contribution in [2.75, 3.05) is 24.6 Å². The number of thioether (sulfide) groups is 1. The van der Waals surface area contributed by atoms with Crippen LogP contribution in [0.4, 0.5) is 0 Å². The van der Waals surface area contributed by atoms with Gasteiger partial charge in [-0.05, 0) is 31.2 Å². The fraction of sp³-hybridized carbons (Fsp3) is 0.429. The van der Waals surface area contributed by atoms with Crippen LogP contribution in [0.15, 0.2) is 21.9 Å². The highest BCUT2D eigenvalue weighted by Gasteiger charge is 2.20. The summed E-state index contributed by atoms with van der Waals surface area (Å²) in [6.45, 7) is 3.55. The molecule has 0 aliphatic carbocycles. The molecule has 0 radical (unpaired) electrons. The van der Waals surface area contributed by atoms with Gasteiger partial charge in [-0.25, -0.2) is 4.98 Å². The number of amides is 1. The van der Waals surface area contributed by atoms with Gasteiger partial charge in [0.15, 0.2) is 10.8 Å². The molecular formula is C14H16N2O2S2. The number of aryl methyl sites for hydroxylation is 1. The summed E-state index contributed by atoms with van der Waals surface area (Å²) in [6, 6.07) is 3.80. The third-order valence-corrected chi connectivity index (χ3v) is 5.09. The molecule has 0 saturated carbocycles. The normalized spacial score (nSPS) is 16.1. The molecule has 2 aromatic heterocycles. The second kappa shape index (κ2) is 6.01. The first-order chi connectivity index (χ1) is 9.74. The van der Waals surface area contributed by atoms with Crippen LogP contribution < -0.4 is 0 Å². The maximum Gasteiger partial charge on any atom is 0.273 e. The number of carbonyl (C=O) groups is 1. The Morgan fingerprint density at radius 2 is 2.25 bits per heavy atom. The number of thiazole rings is 1. The largest absolute Gasteiger partial charge is 0.459 e. The topological polar surface area (TPSA) is 46.3 Å². The smallest absolute Gasteiger partial charge is 0.273 e. The van der Waals surface area contributed by atoms with Crippen LogP contribution in [0.5, 0.6) is 0 Å². The standard InChI is InChI=1S/C14H16N2O2S2/c1-10-3-4-12(18-10)13-15-11(9-20-13)14(17)16-5-2-7-19-8-6-16/h3-4,9H,2,5-8H2,1H3. The van der Waals surface area contributed by atoms with E-state index in [1.807, 2.05) is 41.1 Å². The summed E-state index contributed by atoms with van der Waals surface area (Å²) < 4.78 is 5.55. The van der Waals surface area contributed by atoms with E-state index >= 15 is 0 Å². The average molecular weight is 308 g/mol. The summed E-state index contributed by atoms with van der Waals surface area (Å²) in [6.07, 6.45) is 1.06. The third-order valence-electron chi connectivity index (χ3n) is 3.18. The molecule has 1 aliphatic rings. The zero-order valence-electron chi connectivity index (χ0n) is 11.3. The first-order valence-electron chi connectivity index (χ1n) is 6.63. The SMILES string of the molecule is Cc1ccc(-c2nc(C(=O)N3CCCSCC3)cs2)o1. The van der Waals surface area contributed by atoms with Crippen LogP contribution in [0.2, 0.25) is 0 Å². The predicted octanol–water partition coefficient (Wildman–Crippen LogP) is 3.29. The highest BCUT2D eigenvalue weighted by atomic mass is 32.2. The van der Waals surface area contributed by atoms with Crippen LogP contribution in [0.25, 0.3) is 10.8 Å². The Balaban J connectivity index is 1.77. The van der Waals surface area contributed by atoms with E-state index in [1.165, 1.54) is 11.3 Å². The van der Waals surface area contributed by atoms with Gasteiger partial charge in [-0.3, -0.25) is 4.79 Å². The fourth-order valence-corrected chi connectivity index (χ4v) is 3.79. The molecule has 0 N–H and O–H groups in total. The van der Waals surface area contributed by atoms with Crippen molar-refractivity contribution in [2.24, 2.45) is 0 Å². The van der Waals surface area contributed by atoms with Gasteiger partial charge in [0.05, 0.1) is 0 Å². The third kappa shape index (κ3) is 2.91. The molecule has 6 heteroatoms. The van der Waals surface area contributed by atoms with E-state index < -0.39 is 0 Å². The minimum absolute atomic E-state index is 0.0401. The number of furan rings is 1. The molecule has 106 valence electrons. The van der Waals surface area contributed by atoms with Gasteiger partial charge in [0.2, 0.25) is 0 Å². The Morgan fingerprint density at radius 1 is 1.35 bits per heavy atom. The van der Waals surface area contributed by atoms with Crippen molar-refractivity contribution < 1.29 is 9.21 Å². The van der Waals surface area contributed by atoms with E-state index in [9.17, 15) is 4.79 Å². The second-order valence-electron chi connectivity index (χ2n) is 4.71. The van der Waals surface area contributed by atoms with E-state index in [4.69, 9.17) is 4.42 Å². The Labute approximate surface area is 126 Å². The minimum Gasteiger partial charge on any atom is -0.459 e. The summed E-state index contributed by atoms with van der Waals surface area (Å²) in [7, 11) is 0. The lowest BCUT2D eigenvalue weighted by Gasteiger charge is -2.18. The predicted molar refractivity (Wildman–Crippen MR) is 82.4 cm³/mol. The van der Waals surface area contributed by atoms with Crippen molar-refractivity contribution in [3.63, 3.8) is 0 Å². The van der Waals surface area contributed by atoms with Gasteiger partial charge in [0, 0.05) is 24.2 Å². The van der Waals surface area contributed by atoms with E-state index in [-0.39, 0.29) is 5.91 Å². The number of nitrogens with zero attached hydrogens (tertiary/aromatic N) is 2. The van der Waals surface area contributed by atoms with Crippen LogP contribution >= 0.6 is 23.1 Å². The Hall–Kier alpha value is -1.27. The number of rotatable bonds is 2. The van der Waals surface area contributed by atoms with E-state index in [2.05, 4.69) is 4.98 Å². The summed E-state index contributed by atoms with van der Waals surface area (Å²) in [5.74, 6) is 3.78. The minimum atomic E-state index is 0.0401. The molecule has 1 saturated heterocycles. The molecule has 0 unspecified atom stereocenters. The summed E-state index contributed by atoms with van der Waals surface area (Å²) in [5.41, 5.74) is 0.533. The molecule has 1 fully saturated rings. The highest BCUT2D eigenvalue weighted by molar-refractivity contribution is 7.99. The molecule has 0 atom stereocenters. The number of carbonyl (C=O) groups excluding carboxylic acids is 1. The van der Waals surface area contributed by atoms with E-state index in [1.54, 1.807) is 0 Å². The molecule has 0 aromatic carbocycles. The maximum absolute atomic E-state index is 12.4. The Morgan fingerprint density at radius 3 is 3.05 bits per heavy atom. The monoisotopic (exact) mass is 308 g/mol. The molecular weight excluding hydrogens is 292 g/mol. The number of hydrogen-bond acceptors (Lipinski definition) is 5. The molecule has 0 bridgehead atoms. The highest BCUT2D eigenvalue weighted by Crippen LogP contribution is 2.26. The van der Waals surface area contributed by atoms with Gasteiger partial charge < -0.3 is 9.32 Å². The van der Waals surface area contributed by atoms with Crippen LogP contribution in [0.1, 0.15) is 22.7 Å². The average Bonchev–Trinajstić information content (AvgIpc) is 3.00. The van der Waals surface area contributed by atoms with Gasteiger partial charge in [-0.1, -0.05) is 0 Å². The lowest BCUT2D eigenvalue weighted by molar-refractivity contribution is 0.0763. The van der Waals surface area contributed by atoms with Gasteiger partial charge in [0.25, 0.3) is 5.91 Å². The molecule has 4 nitrogen and oxygen atoms in total. The van der Waals surface area contributed by atoms with Crippen molar-refractivity contribution in [1.82, 2.24) is 9.88 Å². The van der Waals surface area contributed by atoms with Crippen molar-refractivity contribution in [2.45, 2.75) is 13.3 Å². The van der Waals surface area contributed by atoms with Crippen LogP contribution in [0, 0.1) is 6.92 Å². The Kier molecular flexibility index (Phi) is 4.12. The first kappa shape index (κ1) is 13.7. The number of hydrogen-bond donors (Lipinski definition) is 0. The molecule has 0 spiro atoms. The van der Waals surface area contributed by atoms with Crippen LogP contribution in [-0.2, 0) is 0 Å². The Bertz CT molecular complexity index is 598. The first-order valence-corrected chi connectivity index (χ1v) is 8.67. The van der Waals surface area contributed by atoms with Gasteiger partial charge in [0.1, 0.15) is 11.5 Å². The van der Waals surface area contributed by atoms with E-state index in [0.29, 0.717) is 5.69 Å². The number of aromatic nitrogens is 1.